The number of nitrogens with zero attached hydrogens (tertiary/aromatic N) is 3. The van der Waals surface area contributed by atoms with Crippen molar-refractivity contribution < 1.29 is 14.3 Å². The van der Waals surface area contributed by atoms with Crippen LogP contribution in [-0.2, 0) is 6.61 Å². The van der Waals surface area contributed by atoms with E-state index in [-0.39, 0.29) is 5.91 Å². The number of hydrogen-bond acceptors (Lipinski definition) is 4. The Bertz CT molecular complexity index is 1180. The fourth-order valence-electron chi connectivity index (χ4n) is 4.21. The summed E-state index contributed by atoms with van der Waals surface area (Å²) in [5.74, 6) is 0.696. The number of carbonyl (C=O) groups is 1. The Kier molecular flexibility index (Phi) is 5.08. The molecule has 1 fully saturated rings. The molecule has 156 valence electrons. The van der Waals surface area contributed by atoms with E-state index in [0.717, 1.165) is 41.0 Å². The Morgan fingerprint density at radius 3 is 2.68 bits per heavy atom. The standard InChI is InChI=1S/C24H20ClN3O3/c25-19-3-4-20-21(14-19)31-15-18-2-1-9-26-23(18)22(20)16-5-10-27(11-6-16)24(29)17-7-12-28(30)13-8-17/h1-4,7-9,12-14H,5-6,10-11,15H2. The van der Waals surface area contributed by atoms with Gasteiger partial charge in [-0.3, -0.25) is 9.78 Å². The number of likely N-dealkylation sites (tertiary alicyclic amines) is 1. The molecule has 0 bridgehead atoms. The number of hydrogen-bond donors (Lipinski definition) is 0. The molecule has 5 rings (SSSR count). The highest BCUT2D eigenvalue weighted by molar-refractivity contribution is 6.30. The van der Waals surface area contributed by atoms with E-state index in [1.807, 2.05) is 35.2 Å². The van der Waals surface area contributed by atoms with E-state index in [0.29, 0.717) is 35.0 Å². The topological polar surface area (TPSA) is 69.4 Å². The average Bonchev–Trinajstić information content (AvgIpc) is 2.96. The number of pyridine rings is 2. The lowest BCUT2D eigenvalue weighted by molar-refractivity contribution is -0.605. The van der Waals surface area contributed by atoms with E-state index in [9.17, 15) is 10.0 Å². The first-order chi connectivity index (χ1) is 15.1. The molecular weight excluding hydrogens is 414 g/mol. The highest BCUT2D eigenvalue weighted by Crippen LogP contribution is 2.41. The molecule has 1 amide bonds. The van der Waals surface area contributed by atoms with Crippen LogP contribution < -0.4 is 9.47 Å². The maximum absolute atomic E-state index is 12.8. The van der Waals surface area contributed by atoms with Crippen LogP contribution in [0.2, 0.25) is 5.02 Å². The third-order valence-electron chi connectivity index (χ3n) is 5.78. The largest absolute Gasteiger partial charge is 0.619 e. The second kappa shape index (κ2) is 8.04. The van der Waals surface area contributed by atoms with Crippen LogP contribution in [0, 0.1) is 5.21 Å². The summed E-state index contributed by atoms with van der Waals surface area (Å²) in [5.41, 5.74) is 5.81. The molecule has 0 atom stereocenters. The second-order valence-electron chi connectivity index (χ2n) is 7.66. The van der Waals surface area contributed by atoms with Gasteiger partial charge >= 0.3 is 0 Å². The minimum Gasteiger partial charge on any atom is -0.619 e. The van der Waals surface area contributed by atoms with Crippen molar-refractivity contribution in [1.82, 2.24) is 9.88 Å². The lowest BCUT2D eigenvalue weighted by atomic mass is 9.89. The van der Waals surface area contributed by atoms with Crippen LogP contribution in [-0.4, -0.2) is 28.9 Å². The van der Waals surface area contributed by atoms with Crippen LogP contribution >= 0.6 is 11.6 Å². The SMILES string of the molecule is O=C(c1cc[n+]([O-])cc1)N1CCC(=C2c3ccc(Cl)cc3OCc3cccnc32)CC1. The molecular formula is C24H20ClN3O3. The third kappa shape index (κ3) is 3.75. The summed E-state index contributed by atoms with van der Waals surface area (Å²) in [7, 11) is 0. The smallest absolute Gasteiger partial charge is 0.254 e. The summed E-state index contributed by atoms with van der Waals surface area (Å²) >= 11 is 6.22. The molecule has 0 radical (unpaired) electrons. The van der Waals surface area contributed by atoms with Crippen molar-refractivity contribution in [3.63, 3.8) is 0 Å². The molecule has 2 aliphatic heterocycles. The minimum atomic E-state index is -0.0560. The van der Waals surface area contributed by atoms with Gasteiger partial charge in [0.1, 0.15) is 12.4 Å². The van der Waals surface area contributed by atoms with Gasteiger partial charge in [-0.1, -0.05) is 23.2 Å². The van der Waals surface area contributed by atoms with E-state index in [2.05, 4.69) is 4.98 Å². The Labute approximate surface area is 184 Å². The quantitative estimate of drug-likeness (QED) is 0.429. The summed E-state index contributed by atoms with van der Waals surface area (Å²) < 4.78 is 6.73. The Balaban J connectivity index is 1.49. The molecule has 0 saturated carbocycles. The molecule has 4 heterocycles. The number of carbonyl (C=O) groups excluding carboxylic acids is 1. The molecule has 1 aromatic carbocycles. The monoisotopic (exact) mass is 433 g/mol. The number of ether oxygens (including phenoxy) is 1. The molecule has 3 aromatic rings. The highest BCUT2D eigenvalue weighted by Gasteiger charge is 2.27. The van der Waals surface area contributed by atoms with Crippen LogP contribution in [0.15, 0.2) is 66.6 Å². The summed E-state index contributed by atoms with van der Waals surface area (Å²) in [4.78, 5) is 19.4. The molecule has 6 nitrogen and oxygen atoms in total. The maximum Gasteiger partial charge on any atom is 0.254 e. The highest BCUT2D eigenvalue weighted by atomic mass is 35.5. The van der Waals surface area contributed by atoms with Gasteiger partial charge in [0.15, 0.2) is 12.4 Å². The number of halogens is 1. The van der Waals surface area contributed by atoms with Gasteiger partial charge in [-0.25, -0.2) is 0 Å². The molecule has 2 aromatic heterocycles. The van der Waals surface area contributed by atoms with Crippen molar-refractivity contribution in [2.24, 2.45) is 0 Å². The van der Waals surface area contributed by atoms with Gasteiger partial charge in [0.2, 0.25) is 0 Å². The lowest BCUT2D eigenvalue weighted by Crippen LogP contribution is -2.37. The van der Waals surface area contributed by atoms with Crippen LogP contribution in [0.5, 0.6) is 5.75 Å². The van der Waals surface area contributed by atoms with Gasteiger partial charge in [-0.15, -0.1) is 0 Å². The van der Waals surface area contributed by atoms with Crippen LogP contribution in [0.25, 0.3) is 5.57 Å². The van der Waals surface area contributed by atoms with E-state index in [4.69, 9.17) is 16.3 Å². The summed E-state index contributed by atoms with van der Waals surface area (Å²) in [5, 5.41) is 11.9. The van der Waals surface area contributed by atoms with Gasteiger partial charge < -0.3 is 14.8 Å². The Morgan fingerprint density at radius 2 is 1.90 bits per heavy atom. The molecule has 2 aliphatic rings. The number of amides is 1. The number of benzene rings is 1. The molecule has 0 unspecified atom stereocenters. The van der Waals surface area contributed by atoms with Crippen molar-refractivity contribution in [3.05, 3.63) is 99.2 Å². The first-order valence-electron chi connectivity index (χ1n) is 10.2. The molecule has 0 spiro atoms. The van der Waals surface area contributed by atoms with Gasteiger partial charge in [0.25, 0.3) is 5.91 Å². The van der Waals surface area contributed by atoms with Crippen molar-refractivity contribution in [2.45, 2.75) is 19.4 Å². The second-order valence-corrected chi connectivity index (χ2v) is 8.09. The van der Waals surface area contributed by atoms with Crippen LogP contribution in [0.3, 0.4) is 0 Å². The van der Waals surface area contributed by atoms with Gasteiger partial charge in [-0.05, 0) is 37.1 Å². The molecule has 31 heavy (non-hydrogen) atoms. The molecule has 0 aliphatic carbocycles. The van der Waals surface area contributed by atoms with E-state index >= 15 is 0 Å². The normalized spacial score (nSPS) is 15.6. The predicted octanol–water partition coefficient (Wildman–Crippen LogP) is 4.00. The number of fused-ring (bicyclic) bond motifs is 2. The summed E-state index contributed by atoms with van der Waals surface area (Å²) in [6, 6.07) is 12.8. The first kappa shape index (κ1) is 19.6. The summed E-state index contributed by atoms with van der Waals surface area (Å²) in [6.45, 7) is 1.65. The van der Waals surface area contributed by atoms with E-state index < -0.39 is 0 Å². The maximum atomic E-state index is 12.8. The van der Waals surface area contributed by atoms with E-state index in [1.54, 1.807) is 18.3 Å². The average molecular weight is 434 g/mol. The Morgan fingerprint density at radius 1 is 1.13 bits per heavy atom. The van der Waals surface area contributed by atoms with Gasteiger partial charge in [-0.2, -0.15) is 4.73 Å². The zero-order valence-corrected chi connectivity index (χ0v) is 17.5. The van der Waals surface area contributed by atoms with Crippen molar-refractivity contribution in [1.29, 1.82) is 0 Å². The number of rotatable bonds is 1. The number of piperidine rings is 1. The zero-order chi connectivity index (χ0) is 21.4. The van der Waals surface area contributed by atoms with Crippen molar-refractivity contribution in [3.8, 4) is 5.75 Å². The Hall–Kier alpha value is -3.38. The van der Waals surface area contributed by atoms with E-state index in [1.165, 1.54) is 18.0 Å². The van der Waals surface area contributed by atoms with Crippen molar-refractivity contribution in [2.75, 3.05) is 13.1 Å². The van der Waals surface area contributed by atoms with Gasteiger partial charge in [0, 0.05) is 53.1 Å². The molecule has 1 saturated heterocycles. The molecule has 7 heteroatoms. The van der Waals surface area contributed by atoms with Crippen LogP contribution in [0.4, 0.5) is 0 Å². The lowest BCUT2D eigenvalue weighted by Gasteiger charge is -2.30. The zero-order valence-electron chi connectivity index (χ0n) is 16.8. The van der Waals surface area contributed by atoms with Gasteiger partial charge in [0.05, 0.1) is 11.3 Å². The predicted molar refractivity (Wildman–Crippen MR) is 117 cm³/mol. The number of aromatic nitrogens is 2. The van der Waals surface area contributed by atoms with Crippen molar-refractivity contribution >= 4 is 23.1 Å². The third-order valence-corrected chi connectivity index (χ3v) is 6.02. The minimum absolute atomic E-state index is 0.0560. The van der Waals surface area contributed by atoms with Crippen LogP contribution in [0.1, 0.15) is 40.0 Å². The fraction of sp³-hybridized carbons (Fsp3) is 0.208. The molecule has 0 N–H and O–H groups in total. The summed E-state index contributed by atoms with van der Waals surface area (Å²) in [6.07, 6.45) is 5.99. The first-order valence-corrected chi connectivity index (χ1v) is 10.5. The fourth-order valence-corrected chi connectivity index (χ4v) is 4.37.